The van der Waals surface area contributed by atoms with Crippen molar-refractivity contribution >= 4 is 44.6 Å². The third-order valence-corrected chi connectivity index (χ3v) is 16.3. The van der Waals surface area contributed by atoms with Crippen molar-refractivity contribution in [3.63, 3.8) is 0 Å². The largest absolute Gasteiger partial charge is 0.457 e. The number of hydrogen-bond acceptors (Lipinski definition) is 4. The summed E-state index contributed by atoms with van der Waals surface area (Å²) in [6.07, 6.45) is 1.91. The van der Waals surface area contributed by atoms with Gasteiger partial charge in [0.1, 0.15) is 35.6 Å². The Hall–Kier alpha value is -9.59. The van der Waals surface area contributed by atoms with Crippen LogP contribution in [-0.2, 0) is 5.41 Å². The zero-order valence-corrected chi connectivity index (χ0v) is 47.8. The van der Waals surface area contributed by atoms with Gasteiger partial charge in [-0.05, 0) is 145 Å². The lowest BCUT2D eigenvalue weighted by Crippen LogP contribution is -2.25. The maximum absolute atomic E-state index is 15.5. The lowest BCUT2D eigenvalue weighted by molar-refractivity contribution is 0.483. The second-order valence-electron chi connectivity index (χ2n) is 23.5. The number of benzene rings is 10. The molecular formula is C76H64F2N4O. The molecule has 83 heavy (non-hydrogen) atoms. The highest BCUT2D eigenvalue weighted by Crippen LogP contribution is 2.52. The Balaban J connectivity index is 1.03. The molecular weight excluding hydrogens is 1020 g/mol. The van der Waals surface area contributed by atoms with Gasteiger partial charge in [0.15, 0.2) is 0 Å². The zero-order chi connectivity index (χ0) is 57.1. The van der Waals surface area contributed by atoms with E-state index in [1.54, 1.807) is 0 Å². The van der Waals surface area contributed by atoms with Crippen LogP contribution in [0.25, 0.3) is 83.3 Å². The van der Waals surface area contributed by atoms with Gasteiger partial charge in [0.05, 0.1) is 28.1 Å². The van der Waals surface area contributed by atoms with Crippen molar-refractivity contribution < 1.29 is 13.5 Å². The minimum atomic E-state index is -0.634. The lowest BCUT2D eigenvalue weighted by atomic mass is 9.87. The summed E-state index contributed by atoms with van der Waals surface area (Å²) in [5, 5.41) is 2.23. The van der Waals surface area contributed by atoms with Crippen LogP contribution < -0.4 is 14.5 Å². The highest BCUT2D eigenvalue weighted by Gasteiger charge is 2.33. The SMILES string of the molecule is CC(C)c1cc(-c2cccc(-c3cc(F)cc(F)c3)c2N2CN(c3cc(Oc4ccc5c6ccccc6n(-c6cc(C(C)(C)C)ccn6)c5c4)cc(-c4c(-c5ccccc5)cccc4-c4ccccc4)c3)c3ccccc32)cc(C(C)C)c1. The van der Waals surface area contributed by atoms with Gasteiger partial charge in [0.25, 0.3) is 0 Å². The fraction of sp³-hybridized carbons (Fsp3) is 0.145. The molecule has 0 spiro atoms. The molecule has 7 heteroatoms. The van der Waals surface area contributed by atoms with Gasteiger partial charge in [-0.3, -0.25) is 4.57 Å². The molecule has 408 valence electrons. The summed E-state index contributed by atoms with van der Waals surface area (Å²) in [4.78, 5) is 9.63. The number of anilines is 4. The molecule has 0 bridgehead atoms. The van der Waals surface area contributed by atoms with E-state index in [9.17, 15) is 0 Å². The van der Waals surface area contributed by atoms with E-state index in [0.29, 0.717) is 29.3 Å². The van der Waals surface area contributed by atoms with Gasteiger partial charge < -0.3 is 14.5 Å². The predicted octanol–water partition coefficient (Wildman–Crippen LogP) is 21.4. The van der Waals surface area contributed by atoms with Gasteiger partial charge in [0.2, 0.25) is 0 Å². The van der Waals surface area contributed by atoms with Gasteiger partial charge in [-0.15, -0.1) is 0 Å². The highest BCUT2D eigenvalue weighted by molar-refractivity contribution is 6.09. The molecule has 13 rings (SSSR count). The van der Waals surface area contributed by atoms with Gasteiger partial charge >= 0.3 is 0 Å². The van der Waals surface area contributed by atoms with Gasteiger partial charge in [-0.1, -0.05) is 194 Å². The quantitative estimate of drug-likeness (QED) is 0.122. The lowest BCUT2D eigenvalue weighted by Gasteiger charge is -2.28. The van der Waals surface area contributed by atoms with Crippen molar-refractivity contribution in [3.8, 4) is 73.0 Å². The minimum absolute atomic E-state index is 0.0802. The second kappa shape index (κ2) is 21.4. The maximum Gasteiger partial charge on any atom is 0.137 e. The van der Waals surface area contributed by atoms with E-state index in [1.165, 1.54) is 28.8 Å². The Morgan fingerprint density at radius 3 is 1.64 bits per heavy atom. The van der Waals surface area contributed by atoms with E-state index in [1.807, 2.05) is 18.3 Å². The van der Waals surface area contributed by atoms with Crippen molar-refractivity contribution in [1.82, 2.24) is 9.55 Å². The Kier molecular flexibility index (Phi) is 13.6. The van der Waals surface area contributed by atoms with Crippen LogP contribution in [0.4, 0.5) is 31.5 Å². The molecule has 0 saturated heterocycles. The summed E-state index contributed by atoms with van der Waals surface area (Å²) in [5.74, 6) is 1.43. The predicted molar refractivity (Wildman–Crippen MR) is 341 cm³/mol. The second-order valence-corrected chi connectivity index (χ2v) is 23.5. The molecule has 0 saturated carbocycles. The zero-order valence-electron chi connectivity index (χ0n) is 47.8. The summed E-state index contributed by atoms with van der Waals surface area (Å²) in [5.41, 5.74) is 18.8. The monoisotopic (exact) mass is 1090 g/mol. The Bertz CT molecular complexity index is 4320. The fourth-order valence-electron chi connectivity index (χ4n) is 12.1. The molecule has 0 aliphatic carbocycles. The third kappa shape index (κ3) is 10.0. The first-order valence-corrected chi connectivity index (χ1v) is 28.7. The average molecular weight is 1090 g/mol. The molecule has 0 fully saturated rings. The number of aromatic nitrogens is 2. The molecule has 0 unspecified atom stereocenters. The Morgan fingerprint density at radius 1 is 0.446 bits per heavy atom. The van der Waals surface area contributed by atoms with Crippen LogP contribution >= 0.6 is 0 Å². The van der Waals surface area contributed by atoms with Crippen molar-refractivity contribution in [2.75, 3.05) is 16.5 Å². The normalized spacial score (nSPS) is 12.5. The van der Waals surface area contributed by atoms with E-state index >= 15 is 8.78 Å². The summed E-state index contributed by atoms with van der Waals surface area (Å²) in [7, 11) is 0. The molecule has 0 radical (unpaired) electrons. The summed E-state index contributed by atoms with van der Waals surface area (Å²) in [6, 6.07) is 78.7. The Morgan fingerprint density at radius 2 is 1.01 bits per heavy atom. The molecule has 10 aromatic carbocycles. The first-order chi connectivity index (χ1) is 40.2. The van der Waals surface area contributed by atoms with E-state index in [-0.39, 0.29) is 17.3 Å². The van der Waals surface area contributed by atoms with E-state index in [2.05, 4.69) is 263 Å². The summed E-state index contributed by atoms with van der Waals surface area (Å²) in [6.45, 7) is 15.9. The van der Waals surface area contributed by atoms with Gasteiger partial charge in [0, 0.05) is 52.0 Å². The minimum Gasteiger partial charge on any atom is -0.457 e. The number of fused-ring (bicyclic) bond motifs is 4. The molecule has 1 aliphatic heterocycles. The first kappa shape index (κ1) is 52.8. The van der Waals surface area contributed by atoms with E-state index < -0.39 is 11.6 Å². The maximum atomic E-state index is 15.5. The van der Waals surface area contributed by atoms with E-state index in [4.69, 9.17) is 9.72 Å². The standard InChI is InChI=1S/C76H64F2N4O/c1-48(2)52-36-53(49(3)4)38-54(37-52)65-27-19-28-66(55-39-58(77)44-59(78)40-55)75(65)81-47-80(70-30-16-17-31-71(70)81)60-41-56(74-63(50-20-10-8-11-21-50)25-18-26-64(74)51-22-12-9-13-23-51)42-62(45-60)83-61-32-33-68-67-24-14-15-29-69(67)82(72(68)46-61)73-43-57(34-35-79-73)76(5,6)7/h8-46,48-49H,47H2,1-7H3. The van der Waals surface area contributed by atoms with Crippen LogP contribution in [0.2, 0.25) is 0 Å². The molecule has 3 heterocycles. The van der Waals surface area contributed by atoms with Crippen LogP contribution in [-0.4, -0.2) is 16.2 Å². The van der Waals surface area contributed by atoms with Crippen molar-refractivity contribution in [2.45, 2.75) is 65.7 Å². The Labute approximate surface area is 485 Å². The third-order valence-electron chi connectivity index (χ3n) is 16.3. The van der Waals surface area contributed by atoms with Crippen molar-refractivity contribution in [2.24, 2.45) is 0 Å². The van der Waals surface area contributed by atoms with Crippen LogP contribution in [0.15, 0.2) is 237 Å². The number of rotatable bonds is 12. The first-order valence-electron chi connectivity index (χ1n) is 28.7. The van der Waals surface area contributed by atoms with Crippen LogP contribution in [0.5, 0.6) is 11.5 Å². The van der Waals surface area contributed by atoms with Crippen molar-refractivity contribution in [1.29, 1.82) is 0 Å². The molecule has 0 amide bonds. The number of hydrogen-bond donors (Lipinski definition) is 0. The number of pyridine rings is 1. The topological polar surface area (TPSA) is 33.5 Å². The molecule has 0 N–H and O–H groups in total. The fourth-order valence-corrected chi connectivity index (χ4v) is 12.1. The van der Waals surface area contributed by atoms with Crippen LogP contribution in [0, 0.1) is 11.6 Å². The van der Waals surface area contributed by atoms with Crippen LogP contribution in [0.3, 0.4) is 0 Å². The number of nitrogens with zero attached hydrogens (tertiary/aromatic N) is 4. The molecule has 1 aliphatic rings. The summed E-state index contributed by atoms with van der Waals surface area (Å²) < 4.78 is 40.5. The molecule has 2 aromatic heterocycles. The van der Waals surface area contributed by atoms with Gasteiger partial charge in [-0.2, -0.15) is 0 Å². The highest BCUT2D eigenvalue weighted by atomic mass is 19.1. The molecule has 12 aromatic rings. The smallest absolute Gasteiger partial charge is 0.137 e. The molecule has 0 atom stereocenters. The van der Waals surface area contributed by atoms with Crippen LogP contribution in [0.1, 0.15) is 77.0 Å². The van der Waals surface area contributed by atoms with E-state index in [0.717, 1.165) is 101 Å². The summed E-state index contributed by atoms with van der Waals surface area (Å²) >= 11 is 0. The van der Waals surface area contributed by atoms with Gasteiger partial charge in [-0.25, -0.2) is 13.8 Å². The number of para-hydroxylation sites is 4. The average Bonchev–Trinajstić information content (AvgIpc) is 2.52. The number of ether oxygens (including phenoxy) is 1. The van der Waals surface area contributed by atoms with Crippen molar-refractivity contribution in [3.05, 3.63) is 265 Å². The number of halogens is 2. The molecule has 5 nitrogen and oxygen atoms in total.